The minimum absolute atomic E-state index is 0.0933. The van der Waals surface area contributed by atoms with Crippen molar-refractivity contribution in [2.24, 2.45) is 0 Å². The van der Waals surface area contributed by atoms with Crippen LogP contribution < -0.4 is 5.56 Å². The average Bonchev–Trinajstić information content (AvgIpc) is 3.09. The molecule has 0 aliphatic heterocycles. The molecule has 0 amide bonds. The lowest BCUT2D eigenvalue weighted by molar-refractivity contribution is 0.183. The van der Waals surface area contributed by atoms with Crippen LogP contribution in [0.4, 0.5) is 0 Å². The topological polar surface area (TPSA) is 83.0 Å². The Morgan fingerprint density at radius 1 is 1.35 bits per heavy atom. The summed E-state index contributed by atoms with van der Waals surface area (Å²) in [5.74, 6) is 1.84. The van der Waals surface area contributed by atoms with E-state index in [2.05, 4.69) is 31.1 Å². The highest BCUT2D eigenvalue weighted by atomic mass is 79.9. The maximum Gasteiger partial charge on any atom is 0.262 e. The fraction of sp³-hybridized carbons (Fsp3) is 0.412. The van der Waals surface area contributed by atoms with E-state index < -0.39 is 0 Å². The van der Waals surface area contributed by atoms with Gasteiger partial charge >= 0.3 is 0 Å². The van der Waals surface area contributed by atoms with Gasteiger partial charge in [0.25, 0.3) is 5.56 Å². The van der Waals surface area contributed by atoms with Crippen molar-refractivity contribution in [1.82, 2.24) is 19.7 Å². The summed E-state index contributed by atoms with van der Waals surface area (Å²) in [6.07, 6.45) is 0. The number of fused-ring (bicyclic) bond motifs is 1. The monoisotopic (exact) mass is 438 g/mol. The van der Waals surface area contributed by atoms with Crippen molar-refractivity contribution in [2.45, 2.75) is 37.2 Å². The number of benzene rings is 1. The average molecular weight is 439 g/mol. The first-order chi connectivity index (χ1) is 12.5. The van der Waals surface area contributed by atoms with Gasteiger partial charge in [-0.1, -0.05) is 46.7 Å². The minimum Gasteiger partial charge on any atom is -0.383 e. The van der Waals surface area contributed by atoms with E-state index in [0.29, 0.717) is 46.7 Å². The predicted molar refractivity (Wildman–Crippen MR) is 104 cm³/mol. The molecule has 0 unspecified atom stereocenters. The van der Waals surface area contributed by atoms with E-state index in [1.807, 2.05) is 26.0 Å². The highest BCUT2D eigenvalue weighted by Gasteiger charge is 2.15. The number of ether oxygens (including phenoxy) is 1. The Labute approximate surface area is 163 Å². The molecule has 0 N–H and O–H groups in total. The number of hydrogen-bond acceptors (Lipinski definition) is 7. The van der Waals surface area contributed by atoms with E-state index in [9.17, 15) is 4.79 Å². The van der Waals surface area contributed by atoms with Crippen LogP contribution in [0.3, 0.4) is 0 Å². The summed E-state index contributed by atoms with van der Waals surface area (Å²) in [7, 11) is 1.61. The Balaban J connectivity index is 1.94. The number of nitrogens with zero attached hydrogens (tertiary/aromatic N) is 4. The van der Waals surface area contributed by atoms with Crippen LogP contribution in [0.25, 0.3) is 10.9 Å². The predicted octanol–water partition coefficient (Wildman–Crippen LogP) is 3.60. The Morgan fingerprint density at radius 2 is 2.15 bits per heavy atom. The molecule has 138 valence electrons. The molecule has 0 atom stereocenters. The molecule has 0 saturated heterocycles. The first-order valence-corrected chi connectivity index (χ1v) is 9.91. The van der Waals surface area contributed by atoms with Gasteiger partial charge in [-0.2, -0.15) is 4.98 Å². The lowest BCUT2D eigenvalue weighted by atomic mass is 10.2. The molecule has 0 aliphatic rings. The molecule has 0 spiro atoms. The van der Waals surface area contributed by atoms with Gasteiger partial charge in [0.05, 0.1) is 29.8 Å². The van der Waals surface area contributed by atoms with E-state index in [-0.39, 0.29) is 11.5 Å². The normalized spacial score (nSPS) is 11.6. The Bertz CT molecular complexity index is 970. The molecular formula is C17H19BrN4O3S. The number of hydrogen-bond donors (Lipinski definition) is 0. The third-order valence-corrected chi connectivity index (χ3v) is 5.18. The fourth-order valence-electron chi connectivity index (χ4n) is 2.35. The smallest absolute Gasteiger partial charge is 0.262 e. The summed E-state index contributed by atoms with van der Waals surface area (Å²) < 4.78 is 12.9. The van der Waals surface area contributed by atoms with Gasteiger partial charge in [-0.15, -0.1) is 0 Å². The van der Waals surface area contributed by atoms with Crippen molar-refractivity contribution < 1.29 is 9.26 Å². The van der Waals surface area contributed by atoms with Crippen LogP contribution in [0, 0.1) is 0 Å². The van der Waals surface area contributed by atoms with Gasteiger partial charge < -0.3 is 9.26 Å². The molecule has 9 heteroatoms. The minimum atomic E-state index is -0.0933. The fourth-order valence-corrected chi connectivity index (χ4v) is 3.57. The molecule has 2 aromatic heterocycles. The molecule has 0 aliphatic carbocycles. The molecule has 0 fully saturated rings. The van der Waals surface area contributed by atoms with Gasteiger partial charge in [-0.05, 0) is 18.2 Å². The van der Waals surface area contributed by atoms with Crippen molar-refractivity contribution in [3.05, 3.63) is 44.7 Å². The lowest BCUT2D eigenvalue weighted by Gasteiger charge is -2.12. The van der Waals surface area contributed by atoms with E-state index in [1.54, 1.807) is 17.7 Å². The summed E-state index contributed by atoms with van der Waals surface area (Å²) in [4.78, 5) is 21.9. The molecule has 3 rings (SSSR count). The Hall–Kier alpha value is -1.71. The number of halogens is 1. The molecule has 7 nitrogen and oxygen atoms in total. The molecule has 2 heterocycles. The van der Waals surface area contributed by atoms with Crippen LogP contribution in [-0.2, 0) is 17.0 Å². The highest BCUT2D eigenvalue weighted by Crippen LogP contribution is 2.23. The Morgan fingerprint density at radius 3 is 2.85 bits per heavy atom. The third kappa shape index (κ3) is 4.16. The highest BCUT2D eigenvalue weighted by molar-refractivity contribution is 9.10. The summed E-state index contributed by atoms with van der Waals surface area (Å²) >= 11 is 4.80. The number of methoxy groups -OCH3 is 1. The SMILES string of the molecule is COCCn1c(SCc2nc(C(C)C)no2)nc2ccc(Br)cc2c1=O. The second-order valence-electron chi connectivity index (χ2n) is 6.00. The van der Waals surface area contributed by atoms with Crippen molar-refractivity contribution in [3.63, 3.8) is 0 Å². The maximum atomic E-state index is 12.9. The largest absolute Gasteiger partial charge is 0.383 e. The van der Waals surface area contributed by atoms with E-state index in [4.69, 9.17) is 9.26 Å². The zero-order valence-electron chi connectivity index (χ0n) is 14.7. The quantitative estimate of drug-likeness (QED) is 0.411. The summed E-state index contributed by atoms with van der Waals surface area (Å²) in [5, 5.41) is 5.14. The van der Waals surface area contributed by atoms with Crippen LogP contribution in [0.5, 0.6) is 0 Å². The molecule has 0 bridgehead atoms. The van der Waals surface area contributed by atoms with Gasteiger partial charge in [0, 0.05) is 17.5 Å². The van der Waals surface area contributed by atoms with Crippen LogP contribution >= 0.6 is 27.7 Å². The first kappa shape index (κ1) is 19.1. The maximum absolute atomic E-state index is 12.9. The van der Waals surface area contributed by atoms with Gasteiger partial charge in [0.15, 0.2) is 11.0 Å². The number of rotatable bonds is 7. The van der Waals surface area contributed by atoms with Crippen LogP contribution in [0.2, 0.25) is 0 Å². The van der Waals surface area contributed by atoms with Gasteiger partial charge in [0.2, 0.25) is 5.89 Å². The zero-order valence-corrected chi connectivity index (χ0v) is 17.1. The van der Waals surface area contributed by atoms with E-state index >= 15 is 0 Å². The van der Waals surface area contributed by atoms with Gasteiger partial charge in [0.1, 0.15) is 0 Å². The molecule has 0 radical (unpaired) electrons. The van der Waals surface area contributed by atoms with Crippen LogP contribution in [-0.4, -0.2) is 33.4 Å². The van der Waals surface area contributed by atoms with Crippen molar-refractivity contribution in [3.8, 4) is 0 Å². The second-order valence-corrected chi connectivity index (χ2v) is 7.85. The molecule has 1 aromatic carbocycles. The summed E-state index contributed by atoms with van der Waals surface area (Å²) in [6.45, 7) is 4.86. The number of aromatic nitrogens is 4. The standard InChI is InChI=1S/C17H19BrN4O3S/c1-10(2)15-20-14(25-21-15)9-26-17-19-13-5-4-11(18)8-12(13)16(23)22(17)6-7-24-3/h4-5,8,10H,6-7,9H2,1-3H3. The number of thioether (sulfide) groups is 1. The van der Waals surface area contributed by atoms with E-state index in [0.717, 1.165) is 4.47 Å². The second kappa shape index (κ2) is 8.32. The lowest BCUT2D eigenvalue weighted by Crippen LogP contribution is -2.25. The summed E-state index contributed by atoms with van der Waals surface area (Å²) in [6, 6.07) is 5.49. The first-order valence-electron chi connectivity index (χ1n) is 8.14. The third-order valence-electron chi connectivity index (χ3n) is 3.73. The molecule has 3 aromatic rings. The van der Waals surface area contributed by atoms with Crippen molar-refractivity contribution in [1.29, 1.82) is 0 Å². The molecule has 26 heavy (non-hydrogen) atoms. The van der Waals surface area contributed by atoms with Crippen LogP contribution in [0.1, 0.15) is 31.5 Å². The van der Waals surface area contributed by atoms with E-state index in [1.165, 1.54) is 11.8 Å². The zero-order chi connectivity index (χ0) is 18.7. The van der Waals surface area contributed by atoms with Gasteiger partial charge in [-0.25, -0.2) is 4.98 Å². The molecule has 0 saturated carbocycles. The van der Waals surface area contributed by atoms with Crippen molar-refractivity contribution in [2.75, 3.05) is 13.7 Å². The Kier molecular flexibility index (Phi) is 6.10. The summed E-state index contributed by atoms with van der Waals surface area (Å²) in [5.41, 5.74) is 0.562. The van der Waals surface area contributed by atoms with Gasteiger partial charge in [-0.3, -0.25) is 9.36 Å². The molecular weight excluding hydrogens is 420 g/mol. The van der Waals surface area contributed by atoms with Crippen molar-refractivity contribution >= 4 is 38.6 Å². The van der Waals surface area contributed by atoms with Crippen LogP contribution in [0.15, 0.2) is 37.1 Å².